The van der Waals surface area contributed by atoms with Crippen LogP contribution < -0.4 is 5.32 Å². The SMILES string of the molecule is Cc1cc(C(O)C(O)CCNC(=O)OCC2c3ccccc3-c3ccccc32)cc(C)c1F. The number of carbonyl (C=O) groups excluding carboxylic acids is 1. The van der Waals surface area contributed by atoms with Crippen molar-refractivity contribution >= 4 is 6.09 Å². The van der Waals surface area contributed by atoms with Gasteiger partial charge in [0, 0.05) is 12.5 Å². The quantitative estimate of drug-likeness (QED) is 0.486. The summed E-state index contributed by atoms with van der Waals surface area (Å²) in [5, 5.41) is 23.4. The molecule has 0 radical (unpaired) electrons. The van der Waals surface area contributed by atoms with E-state index in [0.29, 0.717) is 16.7 Å². The number of aliphatic hydroxyl groups is 2. The number of ether oxygens (including phenoxy) is 1. The van der Waals surface area contributed by atoms with E-state index in [-0.39, 0.29) is 31.3 Å². The minimum absolute atomic E-state index is 0.0273. The topological polar surface area (TPSA) is 78.8 Å². The molecule has 4 rings (SSSR count). The maximum absolute atomic E-state index is 13.8. The lowest BCUT2D eigenvalue weighted by molar-refractivity contribution is 0.0136. The minimum Gasteiger partial charge on any atom is -0.449 e. The molecule has 0 aliphatic heterocycles. The van der Waals surface area contributed by atoms with E-state index in [1.165, 1.54) is 12.1 Å². The molecular weight excluding hydrogens is 421 g/mol. The van der Waals surface area contributed by atoms with Crippen LogP contribution in [0.3, 0.4) is 0 Å². The van der Waals surface area contributed by atoms with Gasteiger partial charge < -0.3 is 20.3 Å². The summed E-state index contributed by atoms with van der Waals surface area (Å²) in [6.45, 7) is 3.57. The van der Waals surface area contributed by atoms with Crippen molar-refractivity contribution in [1.82, 2.24) is 5.32 Å². The van der Waals surface area contributed by atoms with Crippen LogP contribution in [-0.4, -0.2) is 35.6 Å². The maximum Gasteiger partial charge on any atom is 0.407 e. The third-order valence-corrected chi connectivity index (χ3v) is 6.22. The number of carbonyl (C=O) groups is 1. The highest BCUT2D eigenvalue weighted by Gasteiger charge is 2.29. The molecule has 0 spiro atoms. The van der Waals surface area contributed by atoms with E-state index in [4.69, 9.17) is 4.74 Å². The van der Waals surface area contributed by atoms with E-state index < -0.39 is 18.3 Å². The maximum atomic E-state index is 13.8. The van der Waals surface area contributed by atoms with Gasteiger partial charge in [0.1, 0.15) is 18.5 Å². The zero-order valence-electron chi connectivity index (χ0n) is 18.7. The first-order valence-electron chi connectivity index (χ1n) is 11.1. The van der Waals surface area contributed by atoms with Crippen molar-refractivity contribution < 1.29 is 24.1 Å². The van der Waals surface area contributed by atoms with Gasteiger partial charge in [0.15, 0.2) is 0 Å². The fourth-order valence-electron chi connectivity index (χ4n) is 4.50. The molecule has 2 atom stereocenters. The lowest BCUT2D eigenvalue weighted by atomic mass is 9.98. The molecule has 1 aliphatic carbocycles. The zero-order chi connectivity index (χ0) is 23.5. The Labute approximate surface area is 192 Å². The number of aryl methyl sites for hydroxylation is 2. The highest BCUT2D eigenvalue weighted by Crippen LogP contribution is 2.44. The van der Waals surface area contributed by atoms with E-state index >= 15 is 0 Å². The molecule has 0 saturated heterocycles. The summed E-state index contributed by atoms with van der Waals surface area (Å²) in [5.41, 5.74) is 5.85. The summed E-state index contributed by atoms with van der Waals surface area (Å²) in [6, 6.07) is 19.3. The molecule has 33 heavy (non-hydrogen) atoms. The van der Waals surface area contributed by atoms with Crippen LogP contribution in [0.4, 0.5) is 9.18 Å². The molecule has 3 N–H and O–H groups in total. The number of benzene rings is 3. The van der Waals surface area contributed by atoms with Gasteiger partial charge in [-0.3, -0.25) is 0 Å². The van der Waals surface area contributed by atoms with E-state index in [2.05, 4.69) is 29.6 Å². The highest BCUT2D eigenvalue weighted by molar-refractivity contribution is 5.79. The van der Waals surface area contributed by atoms with Crippen LogP contribution in [0, 0.1) is 19.7 Å². The van der Waals surface area contributed by atoms with Crippen molar-refractivity contribution in [1.29, 1.82) is 0 Å². The summed E-state index contributed by atoms with van der Waals surface area (Å²) in [7, 11) is 0. The fourth-order valence-corrected chi connectivity index (χ4v) is 4.50. The predicted molar refractivity (Wildman–Crippen MR) is 125 cm³/mol. The first-order valence-corrected chi connectivity index (χ1v) is 11.1. The molecule has 1 amide bonds. The average molecular weight is 450 g/mol. The Morgan fingerprint density at radius 3 is 2.12 bits per heavy atom. The normalized spacial score (nSPS) is 14.3. The van der Waals surface area contributed by atoms with Crippen LogP contribution in [0.2, 0.25) is 0 Å². The van der Waals surface area contributed by atoms with E-state index in [1.807, 2.05) is 24.3 Å². The smallest absolute Gasteiger partial charge is 0.407 e. The first kappa shape index (κ1) is 23.0. The van der Waals surface area contributed by atoms with Gasteiger partial charge in [-0.05, 0) is 59.2 Å². The number of hydrogen-bond acceptors (Lipinski definition) is 4. The zero-order valence-corrected chi connectivity index (χ0v) is 18.7. The van der Waals surface area contributed by atoms with Crippen LogP contribution >= 0.6 is 0 Å². The van der Waals surface area contributed by atoms with E-state index in [0.717, 1.165) is 22.3 Å². The minimum atomic E-state index is -1.17. The second kappa shape index (κ2) is 9.73. The number of halogens is 1. The van der Waals surface area contributed by atoms with Gasteiger partial charge in [-0.1, -0.05) is 60.7 Å². The van der Waals surface area contributed by atoms with Crippen LogP contribution in [0.15, 0.2) is 60.7 Å². The summed E-state index contributed by atoms with van der Waals surface area (Å²) in [5.74, 6) is -0.349. The number of amides is 1. The van der Waals surface area contributed by atoms with Gasteiger partial charge in [-0.15, -0.1) is 0 Å². The Kier molecular flexibility index (Phi) is 6.77. The van der Waals surface area contributed by atoms with Gasteiger partial charge in [-0.2, -0.15) is 0 Å². The monoisotopic (exact) mass is 449 g/mol. The van der Waals surface area contributed by atoms with Gasteiger partial charge in [0.05, 0.1) is 6.10 Å². The standard InChI is InChI=1S/C27H28FNO4/c1-16-13-18(14-17(2)25(16)28)26(31)24(30)11-12-29-27(32)33-15-23-21-9-5-3-7-19(21)20-8-4-6-10-22(20)23/h3-10,13-14,23-24,26,30-31H,11-12,15H2,1-2H3,(H,29,32). The summed E-state index contributed by atoms with van der Waals surface area (Å²) >= 11 is 0. The largest absolute Gasteiger partial charge is 0.449 e. The number of aliphatic hydroxyl groups excluding tert-OH is 2. The van der Waals surface area contributed by atoms with Crippen LogP contribution in [-0.2, 0) is 4.74 Å². The van der Waals surface area contributed by atoms with Crippen molar-refractivity contribution in [2.75, 3.05) is 13.2 Å². The molecule has 3 aromatic rings. The van der Waals surface area contributed by atoms with Gasteiger partial charge >= 0.3 is 6.09 Å². The second-order valence-corrected chi connectivity index (χ2v) is 8.52. The summed E-state index contributed by atoms with van der Waals surface area (Å²) in [6.07, 6.45) is -2.73. The number of alkyl carbamates (subject to hydrolysis) is 1. The summed E-state index contributed by atoms with van der Waals surface area (Å²) in [4.78, 5) is 12.3. The number of nitrogens with one attached hydrogen (secondary N) is 1. The van der Waals surface area contributed by atoms with Crippen LogP contribution in [0.1, 0.15) is 46.3 Å². The molecule has 2 unspecified atom stereocenters. The van der Waals surface area contributed by atoms with Crippen LogP contribution in [0.25, 0.3) is 11.1 Å². The molecule has 3 aromatic carbocycles. The van der Waals surface area contributed by atoms with E-state index in [1.54, 1.807) is 13.8 Å². The second-order valence-electron chi connectivity index (χ2n) is 8.52. The molecule has 1 aliphatic rings. The van der Waals surface area contributed by atoms with Crippen molar-refractivity contribution in [3.05, 3.63) is 94.3 Å². The Bertz CT molecular complexity index is 1090. The summed E-state index contributed by atoms with van der Waals surface area (Å²) < 4.78 is 19.3. The molecule has 6 heteroatoms. The Balaban J connectivity index is 1.29. The van der Waals surface area contributed by atoms with Crippen molar-refractivity contribution in [2.24, 2.45) is 0 Å². The number of hydrogen-bond donors (Lipinski definition) is 3. The van der Waals surface area contributed by atoms with Crippen molar-refractivity contribution in [3.63, 3.8) is 0 Å². The molecule has 0 heterocycles. The van der Waals surface area contributed by atoms with Crippen molar-refractivity contribution in [3.8, 4) is 11.1 Å². The molecular formula is C27H28FNO4. The lowest BCUT2D eigenvalue weighted by Gasteiger charge is -2.20. The fraction of sp³-hybridized carbons (Fsp3) is 0.296. The van der Waals surface area contributed by atoms with E-state index in [9.17, 15) is 19.4 Å². The number of fused-ring (bicyclic) bond motifs is 3. The molecule has 0 bridgehead atoms. The molecule has 0 saturated carbocycles. The average Bonchev–Trinajstić information content (AvgIpc) is 3.14. The Morgan fingerprint density at radius 2 is 1.55 bits per heavy atom. The molecule has 0 aromatic heterocycles. The lowest BCUT2D eigenvalue weighted by Crippen LogP contribution is -2.30. The van der Waals surface area contributed by atoms with Crippen molar-refractivity contribution in [2.45, 2.75) is 38.4 Å². The van der Waals surface area contributed by atoms with Gasteiger partial charge in [0.25, 0.3) is 0 Å². The molecule has 5 nitrogen and oxygen atoms in total. The van der Waals surface area contributed by atoms with Gasteiger partial charge in [0.2, 0.25) is 0 Å². The molecule has 172 valence electrons. The Hall–Kier alpha value is -3.22. The highest BCUT2D eigenvalue weighted by atomic mass is 19.1. The Morgan fingerprint density at radius 1 is 1.00 bits per heavy atom. The molecule has 0 fully saturated rings. The third kappa shape index (κ3) is 4.77. The van der Waals surface area contributed by atoms with Gasteiger partial charge in [-0.25, -0.2) is 9.18 Å². The first-order chi connectivity index (χ1) is 15.9. The van der Waals surface area contributed by atoms with Crippen LogP contribution in [0.5, 0.6) is 0 Å². The predicted octanol–water partition coefficient (Wildman–Crippen LogP) is 4.77. The number of rotatable bonds is 7. The third-order valence-electron chi connectivity index (χ3n) is 6.22.